The smallest absolute Gasteiger partial charge is 0.00105 e. The first-order chi connectivity index (χ1) is 5.29. The summed E-state index contributed by atoms with van der Waals surface area (Å²) < 4.78 is 0. The van der Waals surface area contributed by atoms with Crippen molar-refractivity contribution in [1.82, 2.24) is 5.32 Å². The van der Waals surface area contributed by atoms with Crippen molar-refractivity contribution in [2.75, 3.05) is 13.1 Å². The van der Waals surface area contributed by atoms with Gasteiger partial charge in [-0.05, 0) is 51.6 Å². The van der Waals surface area contributed by atoms with E-state index in [0.717, 1.165) is 5.92 Å². The second kappa shape index (κ2) is 4.73. The molecule has 0 aliphatic carbocycles. The number of nitrogens with one attached hydrogen (secondary N) is 1. The van der Waals surface area contributed by atoms with E-state index in [4.69, 9.17) is 5.73 Å². The molecule has 1 aliphatic rings. The molecule has 66 valence electrons. The molecule has 1 rings (SSSR count). The Kier molecular flexibility index (Phi) is 3.87. The summed E-state index contributed by atoms with van der Waals surface area (Å²) in [7, 11) is 0. The van der Waals surface area contributed by atoms with Crippen LogP contribution in [0, 0.1) is 5.92 Å². The summed E-state index contributed by atoms with van der Waals surface area (Å²) in [4.78, 5) is 0. The second-order valence-corrected chi connectivity index (χ2v) is 3.75. The Morgan fingerprint density at radius 2 is 2.09 bits per heavy atom. The van der Waals surface area contributed by atoms with Crippen molar-refractivity contribution < 1.29 is 0 Å². The minimum absolute atomic E-state index is 0.393. The average Bonchev–Trinajstić information content (AvgIpc) is 2.03. The molecule has 0 saturated carbocycles. The third kappa shape index (κ3) is 3.73. The van der Waals surface area contributed by atoms with Gasteiger partial charge in [-0.25, -0.2) is 0 Å². The van der Waals surface area contributed by atoms with E-state index in [9.17, 15) is 0 Å². The highest BCUT2D eigenvalue weighted by Crippen LogP contribution is 2.17. The largest absolute Gasteiger partial charge is 0.328 e. The minimum atomic E-state index is 0.393. The Balaban J connectivity index is 2.05. The van der Waals surface area contributed by atoms with Crippen molar-refractivity contribution in [2.45, 2.75) is 38.6 Å². The summed E-state index contributed by atoms with van der Waals surface area (Å²) in [6.45, 7) is 4.52. The minimum Gasteiger partial charge on any atom is -0.328 e. The van der Waals surface area contributed by atoms with Gasteiger partial charge in [-0.3, -0.25) is 0 Å². The van der Waals surface area contributed by atoms with Crippen LogP contribution in [0.1, 0.15) is 32.6 Å². The van der Waals surface area contributed by atoms with Crippen LogP contribution in [-0.4, -0.2) is 19.1 Å². The lowest BCUT2D eigenvalue weighted by Crippen LogP contribution is -2.28. The maximum Gasteiger partial charge on any atom is 0.00105 e. The van der Waals surface area contributed by atoms with Gasteiger partial charge in [-0.1, -0.05) is 0 Å². The van der Waals surface area contributed by atoms with Gasteiger partial charge in [0.1, 0.15) is 0 Å². The average molecular weight is 156 g/mol. The first-order valence-electron chi connectivity index (χ1n) is 4.75. The monoisotopic (exact) mass is 156 g/mol. The van der Waals surface area contributed by atoms with Crippen molar-refractivity contribution in [2.24, 2.45) is 11.7 Å². The summed E-state index contributed by atoms with van der Waals surface area (Å²) in [6, 6.07) is 0.393. The Morgan fingerprint density at radius 1 is 1.45 bits per heavy atom. The zero-order valence-corrected chi connectivity index (χ0v) is 7.47. The predicted molar refractivity (Wildman–Crippen MR) is 48.5 cm³/mol. The van der Waals surface area contributed by atoms with E-state index < -0.39 is 0 Å². The van der Waals surface area contributed by atoms with E-state index in [-0.39, 0.29) is 0 Å². The van der Waals surface area contributed by atoms with Crippen molar-refractivity contribution in [1.29, 1.82) is 0 Å². The second-order valence-electron chi connectivity index (χ2n) is 3.75. The van der Waals surface area contributed by atoms with Crippen LogP contribution in [-0.2, 0) is 0 Å². The van der Waals surface area contributed by atoms with Crippen LogP contribution in [0.5, 0.6) is 0 Å². The molecule has 0 amide bonds. The zero-order chi connectivity index (χ0) is 8.10. The third-order valence-electron chi connectivity index (χ3n) is 2.49. The van der Waals surface area contributed by atoms with Gasteiger partial charge in [0.05, 0.1) is 0 Å². The maximum absolute atomic E-state index is 5.69. The van der Waals surface area contributed by atoms with Crippen molar-refractivity contribution in [3.05, 3.63) is 0 Å². The molecule has 1 unspecified atom stereocenters. The van der Waals surface area contributed by atoms with Gasteiger partial charge in [0.25, 0.3) is 0 Å². The van der Waals surface area contributed by atoms with Gasteiger partial charge < -0.3 is 11.1 Å². The number of rotatable bonds is 3. The van der Waals surface area contributed by atoms with Gasteiger partial charge in [0.2, 0.25) is 0 Å². The molecule has 0 radical (unpaired) electrons. The van der Waals surface area contributed by atoms with E-state index in [2.05, 4.69) is 12.2 Å². The van der Waals surface area contributed by atoms with Gasteiger partial charge in [-0.15, -0.1) is 0 Å². The van der Waals surface area contributed by atoms with Crippen LogP contribution >= 0.6 is 0 Å². The van der Waals surface area contributed by atoms with Crippen LogP contribution < -0.4 is 11.1 Å². The Hall–Kier alpha value is -0.0800. The summed E-state index contributed by atoms with van der Waals surface area (Å²) in [5.74, 6) is 0.947. The molecule has 0 bridgehead atoms. The first kappa shape index (κ1) is 9.01. The molecule has 1 atom stereocenters. The van der Waals surface area contributed by atoms with E-state index in [1.54, 1.807) is 0 Å². The third-order valence-corrected chi connectivity index (χ3v) is 2.49. The highest BCUT2D eigenvalue weighted by molar-refractivity contribution is 4.69. The molecule has 0 aromatic rings. The van der Waals surface area contributed by atoms with Crippen LogP contribution in [0.2, 0.25) is 0 Å². The van der Waals surface area contributed by atoms with Crippen LogP contribution in [0.25, 0.3) is 0 Å². The summed E-state index contributed by atoms with van der Waals surface area (Å²) in [5, 5.41) is 3.37. The summed E-state index contributed by atoms with van der Waals surface area (Å²) in [6.07, 6.45) is 5.24. The molecule has 1 saturated heterocycles. The molecule has 0 aromatic heterocycles. The summed E-state index contributed by atoms with van der Waals surface area (Å²) >= 11 is 0. The molecule has 11 heavy (non-hydrogen) atoms. The fraction of sp³-hybridized carbons (Fsp3) is 1.00. The fourth-order valence-electron chi connectivity index (χ4n) is 1.67. The molecular weight excluding hydrogens is 136 g/mol. The highest BCUT2D eigenvalue weighted by atomic mass is 14.9. The van der Waals surface area contributed by atoms with Gasteiger partial charge >= 0.3 is 0 Å². The predicted octanol–water partition coefficient (Wildman–Crippen LogP) is 1.11. The van der Waals surface area contributed by atoms with E-state index in [1.807, 2.05) is 0 Å². The van der Waals surface area contributed by atoms with Crippen LogP contribution in [0.3, 0.4) is 0 Å². The van der Waals surface area contributed by atoms with Gasteiger partial charge in [-0.2, -0.15) is 0 Å². The van der Waals surface area contributed by atoms with Crippen molar-refractivity contribution >= 4 is 0 Å². The molecule has 1 aliphatic heterocycles. The van der Waals surface area contributed by atoms with E-state index >= 15 is 0 Å². The quantitative estimate of drug-likeness (QED) is 0.642. The summed E-state index contributed by atoms with van der Waals surface area (Å²) in [5.41, 5.74) is 5.69. The first-order valence-corrected chi connectivity index (χ1v) is 4.75. The highest BCUT2D eigenvalue weighted by Gasteiger charge is 2.12. The molecule has 3 N–H and O–H groups in total. The number of hydrogen-bond donors (Lipinski definition) is 2. The van der Waals surface area contributed by atoms with Gasteiger partial charge in [0, 0.05) is 6.04 Å². The lowest BCUT2D eigenvalue weighted by atomic mass is 9.92. The Morgan fingerprint density at radius 3 is 2.64 bits per heavy atom. The van der Waals surface area contributed by atoms with Gasteiger partial charge in [0.15, 0.2) is 0 Å². The standard InChI is InChI=1S/C9H20N2/c1-8(10)2-3-9-4-6-11-7-5-9/h8-9,11H,2-7,10H2,1H3. The number of nitrogens with two attached hydrogens (primary N) is 1. The van der Waals surface area contributed by atoms with Crippen molar-refractivity contribution in [3.8, 4) is 0 Å². The normalized spacial score (nSPS) is 23.5. The number of piperidine rings is 1. The topological polar surface area (TPSA) is 38.0 Å². The molecule has 0 aromatic carbocycles. The molecule has 0 spiro atoms. The molecular formula is C9H20N2. The van der Waals surface area contributed by atoms with E-state index in [0.29, 0.717) is 6.04 Å². The number of hydrogen-bond acceptors (Lipinski definition) is 2. The van der Waals surface area contributed by atoms with E-state index in [1.165, 1.54) is 38.8 Å². The molecule has 1 fully saturated rings. The molecule has 2 heteroatoms. The lowest BCUT2D eigenvalue weighted by molar-refractivity contribution is 0.339. The lowest BCUT2D eigenvalue weighted by Gasteiger charge is -2.22. The molecule has 2 nitrogen and oxygen atoms in total. The van der Waals surface area contributed by atoms with Crippen molar-refractivity contribution in [3.63, 3.8) is 0 Å². The molecule has 1 heterocycles. The zero-order valence-electron chi connectivity index (χ0n) is 7.47. The Labute approximate surface area is 69.5 Å². The SMILES string of the molecule is CC(N)CCC1CCNCC1. The van der Waals surface area contributed by atoms with Crippen LogP contribution in [0.4, 0.5) is 0 Å². The maximum atomic E-state index is 5.69. The Bertz CT molecular complexity index is 95.7. The fourth-order valence-corrected chi connectivity index (χ4v) is 1.67. The van der Waals surface area contributed by atoms with Crippen LogP contribution in [0.15, 0.2) is 0 Å².